The lowest BCUT2D eigenvalue weighted by Gasteiger charge is -2.19. The largest absolute Gasteiger partial charge is 0.396 e. The minimum Gasteiger partial charge on any atom is -0.396 e. The number of imide groups is 1. The van der Waals surface area contributed by atoms with Gasteiger partial charge in [-0.25, -0.2) is 4.79 Å². The first-order valence-corrected chi connectivity index (χ1v) is 6.36. The zero-order valence-corrected chi connectivity index (χ0v) is 11.5. The normalized spacial score (nSPS) is 19.3. The molecule has 1 saturated heterocycles. The summed E-state index contributed by atoms with van der Waals surface area (Å²) in [5.41, 5.74) is -0.966. The Labute approximate surface area is 112 Å². The SMILES string of the molecule is CCC(CCO)NC(=O)CN1C(=O)NC(C)(C)C1=O. The number of hydrogen-bond acceptors (Lipinski definition) is 4. The van der Waals surface area contributed by atoms with Crippen LogP contribution in [0.2, 0.25) is 0 Å². The molecule has 4 amide bonds. The third kappa shape index (κ3) is 3.66. The molecule has 0 bridgehead atoms. The Bertz CT molecular complexity index is 381. The summed E-state index contributed by atoms with van der Waals surface area (Å²) in [6.07, 6.45) is 1.13. The van der Waals surface area contributed by atoms with Gasteiger partial charge in [0, 0.05) is 12.6 Å². The van der Waals surface area contributed by atoms with Crippen LogP contribution in [0.3, 0.4) is 0 Å². The second-order valence-electron chi connectivity index (χ2n) is 5.13. The Morgan fingerprint density at radius 2 is 2.11 bits per heavy atom. The van der Waals surface area contributed by atoms with Crippen LogP contribution in [0.25, 0.3) is 0 Å². The van der Waals surface area contributed by atoms with Crippen LogP contribution in [0.5, 0.6) is 0 Å². The standard InChI is InChI=1S/C12H21N3O4/c1-4-8(5-6-16)13-9(17)7-15-10(18)12(2,3)14-11(15)19/h8,16H,4-7H2,1-3H3,(H,13,17)(H,14,19). The average molecular weight is 271 g/mol. The quantitative estimate of drug-likeness (QED) is 0.572. The topological polar surface area (TPSA) is 98.7 Å². The van der Waals surface area contributed by atoms with E-state index in [2.05, 4.69) is 10.6 Å². The number of hydrogen-bond donors (Lipinski definition) is 3. The molecule has 1 aliphatic heterocycles. The molecule has 1 rings (SSSR count). The van der Waals surface area contributed by atoms with Gasteiger partial charge in [0.05, 0.1) is 0 Å². The molecule has 0 radical (unpaired) electrons. The Morgan fingerprint density at radius 3 is 2.53 bits per heavy atom. The van der Waals surface area contributed by atoms with Crippen molar-refractivity contribution < 1.29 is 19.5 Å². The average Bonchev–Trinajstić information content (AvgIpc) is 2.51. The van der Waals surface area contributed by atoms with E-state index in [1.807, 2.05) is 6.92 Å². The van der Waals surface area contributed by atoms with Crippen molar-refractivity contribution in [3.63, 3.8) is 0 Å². The van der Waals surface area contributed by atoms with E-state index in [0.29, 0.717) is 12.8 Å². The molecular weight excluding hydrogens is 250 g/mol. The van der Waals surface area contributed by atoms with Crippen molar-refractivity contribution in [2.45, 2.75) is 45.2 Å². The summed E-state index contributed by atoms with van der Waals surface area (Å²) in [5.74, 6) is -0.815. The van der Waals surface area contributed by atoms with E-state index in [9.17, 15) is 14.4 Å². The third-order valence-electron chi connectivity index (χ3n) is 3.08. The van der Waals surface area contributed by atoms with Crippen molar-refractivity contribution in [3.8, 4) is 0 Å². The predicted octanol–water partition coefficient (Wildman–Crippen LogP) is -0.406. The molecule has 108 valence electrons. The van der Waals surface area contributed by atoms with Gasteiger partial charge in [-0.15, -0.1) is 0 Å². The first kappa shape index (κ1) is 15.4. The number of urea groups is 1. The van der Waals surface area contributed by atoms with Gasteiger partial charge >= 0.3 is 6.03 Å². The molecule has 3 N–H and O–H groups in total. The summed E-state index contributed by atoms with van der Waals surface area (Å²) in [5, 5.41) is 14.0. The molecule has 7 heteroatoms. The second kappa shape index (κ2) is 6.01. The van der Waals surface area contributed by atoms with Crippen molar-refractivity contribution in [1.82, 2.24) is 15.5 Å². The van der Waals surface area contributed by atoms with Crippen LogP contribution in [0.15, 0.2) is 0 Å². The van der Waals surface area contributed by atoms with Gasteiger partial charge in [-0.2, -0.15) is 0 Å². The summed E-state index contributed by atoms with van der Waals surface area (Å²) in [6.45, 7) is 4.75. The first-order chi connectivity index (χ1) is 8.81. The fourth-order valence-corrected chi connectivity index (χ4v) is 1.91. The molecule has 0 saturated carbocycles. The van der Waals surface area contributed by atoms with Crippen LogP contribution in [-0.2, 0) is 9.59 Å². The Hall–Kier alpha value is -1.63. The number of nitrogens with zero attached hydrogens (tertiary/aromatic N) is 1. The number of nitrogens with one attached hydrogen (secondary N) is 2. The summed E-state index contributed by atoms with van der Waals surface area (Å²) in [4.78, 5) is 36.1. The van der Waals surface area contributed by atoms with Crippen molar-refractivity contribution >= 4 is 17.8 Å². The molecule has 0 aromatic carbocycles. The third-order valence-corrected chi connectivity index (χ3v) is 3.08. The Morgan fingerprint density at radius 1 is 1.47 bits per heavy atom. The summed E-state index contributed by atoms with van der Waals surface area (Å²) < 4.78 is 0. The Kier molecular flexibility index (Phi) is 4.88. The van der Waals surface area contributed by atoms with Gasteiger partial charge in [-0.05, 0) is 26.7 Å². The summed E-state index contributed by atoms with van der Waals surface area (Å²) >= 11 is 0. The van der Waals surface area contributed by atoms with Gasteiger partial charge in [0.2, 0.25) is 5.91 Å². The van der Waals surface area contributed by atoms with Crippen molar-refractivity contribution in [1.29, 1.82) is 0 Å². The van der Waals surface area contributed by atoms with E-state index >= 15 is 0 Å². The van der Waals surface area contributed by atoms with Crippen LogP contribution in [0.1, 0.15) is 33.6 Å². The number of aliphatic hydroxyl groups excluding tert-OH is 1. The molecule has 7 nitrogen and oxygen atoms in total. The predicted molar refractivity (Wildman–Crippen MR) is 68.2 cm³/mol. The van der Waals surface area contributed by atoms with Crippen molar-refractivity contribution in [2.24, 2.45) is 0 Å². The first-order valence-electron chi connectivity index (χ1n) is 6.36. The maximum atomic E-state index is 11.9. The van der Waals surface area contributed by atoms with E-state index in [-0.39, 0.29) is 19.2 Å². The zero-order chi connectivity index (χ0) is 14.6. The van der Waals surface area contributed by atoms with E-state index in [0.717, 1.165) is 4.90 Å². The van der Waals surface area contributed by atoms with Gasteiger partial charge in [0.1, 0.15) is 12.1 Å². The molecule has 0 aliphatic carbocycles. The molecule has 1 unspecified atom stereocenters. The molecule has 1 heterocycles. The molecule has 1 fully saturated rings. The summed E-state index contributed by atoms with van der Waals surface area (Å²) in [7, 11) is 0. The van der Waals surface area contributed by atoms with E-state index in [4.69, 9.17) is 5.11 Å². The number of aliphatic hydroxyl groups is 1. The Balaban J connectivity index is 2.58. The maximum absolute atomic E-state index is 11.9. The lowest BCUT2D eigenvalue weighted by Crippen LogP contribution is -2.45. The lowest BCUT2D eigenvalue weighted by atomic mass is 10.1. The number of carbonyl (C=O) groups is 3. The highest BCUT2D eigenvalue weighted by atomic mass is 16.3. The van der Waals surface area contributed by atoms with Gasteiger partial charge in [-0.3, -0.25) is 14.5 Å². The lowest BCUT2D eigenvalue weighted by molar-refractivity contribution is -0.134. The van der Waals surface area contributed by atoms with Crippen LogP contribution < -0.4 is 10.6 Å². The second-order valence-corrected chi connectivity index (χ2v) is 5.13. The monoisotopic (exact) mass is 271 g/mol. The fraction of sp³-hybridized carbons (Fsp3) is 0.750. The van der Waals surface area contributed by atoms with Crippen molar-refractivity contribution in [3.05, 3.63) is 0 Å². The van der Waals surface area contributed by atoms with Gasteiger partial charge in [0.25, 0.3) is 5.91 Å². The van der Waals surface area contributed by atoms with Gasteiger partial charge in [-0.1, -0.05) is 6.92 Å². The molecule has 19 heavy (non-hydrogen) atoms. The smallest absolute Gasteiger partial charge is 0.325 e. The summed E-state index contributed by atoms with van der Waals surface area (Å²) in [6, 6.07) is -0.702. The molecule has 1 atom stereocenters. The highest BCUT2D eigenvalue weighted by Gasteiger charge is 2.44. The zero-order valence-electron chi connectivity index (χ0n) is 11.5. The molecule has 0 aromatic heterocycles. The van der Waals surface area contributed by atoms with Crippen LogP contribution in [0, 0.1) is 0 Å². The minimum atomic E-state index is -0.966. The molecule has 0 aromatic rings. The van der Waals surface area contributed by atoms with Crippen LogP contribution in [-0.4, -0.2) is 52.6 Å². The minimum absolute atomic E-state index is 0.0189. The van der Waals surface area contributed by atoms with Crippen molar-refractivity contribution in [2.75, 3.05) is 13.2 Å². The van der Waals surface area contributed by atoms with Crippen LogP contribution in [0.4, 0.5) is 4.79 Å². The molecule has 1 aliphatic rings. The van der Waals surface area contributed by atoms with E-state index in [1.54, 1.807) is 13.8 Å². The molecule has 0 spiro atoms. The maximum Gasteiger partial charge on any atom is 0.325 e. The number of rotatable bonds is 6. The van der Waals surface area contributed by atoms with Gasteiger partial charge < -0.3 is 15.7 Å². The van der Waals surface area contributed by atoms with Crippen LogP contribution >= 0.6 is 0 Å². The number of carbonyl (C=O) groups excluding carboxylic acids is 3. The van der Waals surface area contributed by atoms with Gasteiger partial charge in [0.15, 0.2) is 0 Å². The molecular formula is C12H21N3O4. The highest BCUT2D eigenvalue weighted by Crippen LogP contribution is 2.15. The van der Waals surface area contributed by atoms with E-state index in [1.165, 1.54) is 0 Å². The number of amides is 4. The highest BCUT2D eigenvalue weighted by molar-refractivity contribution is 6.08. The van der Waals surface area contributed by atoms with E-state index < -0.39 is 23.4 Å². The fourth-order valence-electron chi connectivity index (χ4n) is 1.91.